The van der Waals surface area contributed by atoms with Gasteiger partial charge in [0.25, 0.3) is 5.91 Å². The van der Waals surface area contributed by atoms with Gasteiger partial charge in [0, 0.05) is 6.54 Å². The van der Waals surface area contributed by atoms with Crippen LogP contribution in [0.3, 0.4) is 0 Å². The van der Waals surface area contributed by atoms with E-state index in [2.05, 4.69) is 10.1 Å². The summed E-state index contributed by atoms with van der Waals surface area (Å²) in [5.41, 5.74) is -1.54. The third kappa shape index (κ3) is 8.19. The first-order valence-corrected chi connectivity index (χ1v) is 4.28. The fourth-order valence-electron chi connectivity index (χ4n) is 0.641. The van der Waals surface area contributed by atoms with E-state index in [1.807, 2.05) is 0 Å². The van der Waals surface area contributed by atoms with Gasteiger partial charge in [0.2, 0.25) is 0 Å². The Kier molecular flexibility index (Phi) is 5.02. The first kappa shape index (κ1) is 14.2. The molecule has 4 nitrogen and oxygen atoms in total. The van der Waals surface area contributed by atoms with Gasteiger partial charge in [-0.25, -0.2) is 0 Å². The quantitative estimate of drug-likeness (QED) is 0.673. The maximum Gasteiger partial charge on any atom is 0.411 e. The van der Waals surface area contributed by atoms with Crippen LogP contribution < -0.4 is 5.32 Å². The van der Waals surface area contributed by atoms with Crippen LogP contribution in [0.15, 0.2) is 0 Å². The molecule has 0 fully saturated rings. The van der Waals surface area contributed by atoms with E-state index in [1.165, 1.54) is 13.8 Å². The van der Waals surface area contributed by atoms with Crippen LogP contribution in [0.1, 0.15) is 13.8 Å². The van der Waals surface area contributed by atoms with Crippen molar-refractivity contribution in [3.05, 3.63) is 0 Å². The van der Waals surface area contributed by atoms with E-state index in [0.717, 1.165) is 0 Å². The van der Waals surface area contributed by atoms with Crippen molar-refractivity contribution in [3.63, 3.8) is 0 Å². The number of alkyl halides is 3. The number of nitrogens with one attached hydrogen (secondary N) is 1. The van der Waals surface area contributed by atoms with Gasteiger partial charge >= 0.3 is 6.18 Å². The number of hydrogen-bond acceptors (Lipinski definition) is 3. The Morgan fingerprint density at radius 3 is 2.33 bits per heavy atom. The summed E-state index contributed by atoms with van der Waals surface area (Å²) in [6, 6.07) is 0. The van der Waals surface area contributed by atoms with Crippen molar-refractivity contribution in [2.24, 2.45) is 0 Å². The van der Waals surface area contributed by atoms with Crippen molar-refractivity contribution >= 4 is 5.91 Å². The van der Waals surface area contributed by atoms with Gasteiger partial charge in [-0.2, -0.15) is 13.2 Å². The Morgan fingerprint density at radius 2 is 1.93 bits per heavy atom. The van der Waals surface area contributed by atoms with Crippen LogP contribution in [-0.2, 0) is 9.53 Å². The van der Waals surface area contributed by atoms with Crippen molar-refractivity contribution in [2.45, 2.75) is 25.6 Å². The smallest absolute Gasteiger partial charge is 0.381 e. The van der Waals surface area contributed by atoms with E-state index in [0.29, 0.717) is 0 Å². The van der Waals surface area contributed by atoms with Crippen molar-refractivity contribution in [1.29, 1.82) is 0 Å². The second kappa shape index (κ2) is 5.32. The Bertz CT molecular complexity index is 210. The molecule has 0 atom stereocenters. The molecule has 1 amide bonds. The Labute approximate surface area is 85.4 Å². The molecule has 0 aliphatic rings. The van der Waals surface area contributed by atoms with Gasteiger partial charge in [0.15, 0.2) is 0 Å². The maximum absolute atomic E-state index is 11.6. The number of ether oxygens (including phenoxy) is 1. The van der Waals surface area contributed by atoms with Crippen LogP contribution in [0, 0.1) is 0 Å². The van der Waals surface area contributed by atoms with Crippen LogP contribution in [0.25, 0.3) is 0 Å². The zero-order valence-electron chi connectivity index (χ0n) is 8.52. The number of amides is 1. The minimum Gasteiger partial charge on any atom is -0.381 e. The molecule has 0 heterocycles. The molecule has 2 N–H and O–H groups in total. The summed E-state index contributed by atoms with van der Waals surface area (Å²) >= 11 is 0. The molecule has 0 bridgehead atoms. The summed E-state index contributed by atoms with van der Waals surface area (Å²) in [5, 5.41) is 11.4. The van der Waals surface area contributed by atoms with Gasteiger partial charge in [-0.3, -0.25) is 4.79 Å². The molecule has 0 saturated heterocycles. The largest absolute Gasteiger partial charge is 0.411 e. The number of carbonyl (C=O) groups is 1. The zero-order valence-corrected chi connectivity index (χ0v) is 8.52. The van der Waals surface area contributed by atoms with Crippen LogP contribution in [0.5, 0.6) is 0 Å². The fraction of sp³-hybridized carbons (Fsp3) is 0.875. The van der Waals surface area contributed by atoms with E-state index >= 15 is 0 Å². The lowest BCUT2D eigenvalue weighted by Gasteiger charge is -2.16. The Hall–Kier alpha value is -0.820. The highest BCUT2D eigenvalue weighted by molar-refractivity contribution is 5.83. The lowest BCUT2D eigenvalue weighted by atomic mass is 10.1. The minimum absolute atomic E-state index is 0.0705. The lowest BCUT2D eigenvalue weighted by molar-refractivity contribution is -0.173. The Morgan fingerprint density at radius 1 is 1.40 bits per heavy atom. The van der Waals surface area contributed by atoms with Gasteiger partial charge in [-0.15, -0.1) is 0 Å². The standard InChI is InChI=1S/C8H14F3NO3/c1-7(2,14)6(13)12-3-4-15-5-8(9,10)11/h14H,3-5H2,1-2H3,(H,12,13). The average Bonchev–Trinajstić information content (AvgIpc) is 1.99. The molecule has 7 heteroatoms. The SMILES string of the molecule is CC(C)(O)C(=O)NCCOCC(F)(F)F. The van der Waals surface area contributed by atoms with E-state index in [4.69, 9.17) is 5.11 Å². The highest BCUT2D eigenvalue weighted by Crippen LogP contribution is 2.13. The van der Waals surface area contributed by atoms with Crippen LogP contribution >= 0.6 is 0 Å². The maximum atomic E-state index is 11.6. The van der Waals surface area contributed by atoms with Gasteiger partial charge in [-0.1, -0.05) is 0 Å². The van der Waals surface area contributed by atoms with Gasteiger partial charge < -0.3 is 15.2 Å². The molecule has 0 radical (unpaired) electrons. The highest BCUT2D eigenvalue weighted by atomic mass is 19.4. The highest BCUT2D eigenvalue weighted by Gasteiger charge is 2.27. The molecule has 0 aromatic carbocycles. The number of carbonyl (C=O) groups excluding carboxylic acids is 1. The van der Waals surface area contributed by atoms with Crippen molar-refractivity contribution in [2.75, 3.05) is 19.8 Å². The van der Waals surface area contributed by atoms with Crippen molar-refractivity contribution < 1.29 is 27.8 Å². The predicted octanol–water partition coefficient (Wildman–Crippen LogP) is 0.452. The third-order valence-corrected chi connectivity index (χ3v) is 1.35. The van der Waals surface area contributed by atoms with E-state index in [1.54, 1.807) is 0 Å². The monoisotopic (exact) mass is 229 g/mol. The number of halogens is 3. The number of rotatable bonds is 5. The molecule has 0 rings (SSSR count). The summed E-state index contributed by atoms with van der Waals surface area (Å²) in [6.07, 6.45) is -4.36. The molecule has 0 aromatic heterocycles. The molecular formula is C8H14F3NO3. The molecule has 90 valence electrons. The summed E-state index contributed by atoms with van der Waals surface area (Å²) in [7, 11) is 0. The number of hydrogen-bond donors (Lipinski definition) is 2. The molecule has 0 aliphatic carbocycles. The van der Waals surface area contributed by atoms with Crippen LogP contribution in [-0.4, -0.2) is 42.5 Å². The van der Waals surface area contributed by atoms with Crippen molar-refractivity contribution in [3.8, 4) is 0 Å². The summed E-state index contributed by atoms with van der Waals surface area (Å²) in [6.45, 7) is 0.892. The zero-order chi connectivity index (χ0) is 12.1. The summed E-state index contributed by atoms with van der Waals surface area (Å²) < 4.78 is 39.0. The topological polar surface area (TPSA) is 58.6 Å². The number of aliphatic hydroxyl groups is 1. The Balaban J connectivity index is 3.53. The van der Waals surface area contributed by atoms with Crippen molar-refractivity contribution in [1.82, 2.24) is 5.32 Å². The van der Waals surface area contributed by atoms with E-state index in [-0.39, 0.29) is 13.2 Å². The third-order valence-electron chi connectivity index (χ3n) is 1.35. The van der Waals surface area contributed by atoms with Crippen LogP contribution in [0.2, 0.25) is 0 Å². The average molecular weight is 229 g/mol. The first-order chi connectivity index (χ1) is 6.63. The predicted molar refractivity (Wildman–Crippen MR) is 46.2 cm³/mol. The molecule has 0 aliphatic heterocycles. The molecule has 0 unspecified atom stereocenters. The van der Waals surface area contributed by atoms with Crippen LogP contribution in [0.4, 0.5) is 13.2 Å². The molecule has 0 saturated carbocycles. The molecule has 0 aromatic rings. The molecule has 0 spiro atoms. The minimum atomic E-state index is -4.36. The molecular weight excluding hydrogens is 215 g/mol. The molecule has 15 heavy (non-hydrogen) atoms. The summed E-state index contributed by atoms with van der Waals surface area (Å²) in [4.78, 5) is 11.0. The fourth-order valence-corrected chi connectivity index (χ4v) is 0.641. The van der Waals surface area contributed by atoms with E-state index in [9.17, 15) is 18.0 Å². The second-order valence-electron chi connectivity index (χ2n) is 3.48. The van der Waals surface area contributed by atoms with Gasteiger partial charge in [0.1, 0.15) is 12.2 Å². The lowest BCUT2D eigenvalue weighted by Crippen LogP contribution is -2.43. The normalized spacial score (nSPS) is 12.7. The summed E-state index contributed by atoms with van der Waals surface area (Å²) in [5.74, 6) is -0.655. The first-order valence-electron chi connectivity index (χ1n) is 4.28. The van der Waals surface area contributed by atoms with E-state index < -0.39 is 24.3 Å². The van der Waals surface area contributed by atoms with Gasteiger partial charge in [0.05, 0.1) is 6.61 Å². The van der Waals surface area contributed by atoms with Gasteiger partial charge in [-0.05, 0) is 13.8 Å². The second-order valence-corrected chi connectivity index (χ2v) is 3.48.